The minimum absolute atomic E-state index is 0.120. The second-order valence-corrected chi connectivity index (χ2v) is 7.30. The van der Waals surface area contributed by atoms with Gasteiger partial charge >= 0.3 is 0 Å². The van der Waals surface area contributed by atoms with Gasteiger partial charge in [0, 0.05) is 5.56 Å². The first-order valence-corrected chi connectivity index (χ1v) is 8.70. The number of halogens is 2. The van der Waals surface area contributed by atoms with Crippen LogP contribution in [0.15, 0.2) is 58.0 Å². The number of benzene rings is 2. The monoisotopic (exact) mass is 349 g/mol. The summed E-state index contributed by atoms with van der Waals surface area (Å²) < 4.78 is 56.7. The van der Waals surface area contributed by atoms with E-state index in [2.05, 4.69) is 4.98 Å². The predicted molar refractivity (Wildman–Crippen MR) is 83.9 cm³/mol. The molecular weight excluding hydrogens is 336 g/mol. The summed E-state index contributed by atoms with van der Waals surface area (Å²) in [4.78, 5) is 3.42. The molecule has 0 saturated heterocycles. The van der Waals surface area contributed by atoms with Crippen LogP contribution in [-0.4, -0.2) is 13.4 Å². The third kappa shape index (κ3) is 3.35. The van der Waals surface area contributed by atoms with Crippen molar-refractivity contribution in [1.29, 1.82) is 0 Å². The molecule has 124 valence electrons. The summed E-state index contributed by atoms with van der Waals surface area (Å²) in [5.41, 5.74) is 1.88. The molecule has 0 radical (unpaired) electrons. The normalized spacial score (nSPS) is 11.6. The Balaban J connectivity index is 1.88. The van der Waals surface area contributed by atoms with Gasteiger partial charge in [-0.05, 0) is 37.3 Å². The van der Waals surface area contributed by atoms with Crippen molar-refractivity contribution in [3.05, 3.63) is 71.6 Å². The number of oxazole rings is 1. The summed E-state index contributed by atoms with van der Waals surface area (Å²) in [5.74, 6) is -2.14. The molecule has 0 N–H and O–H groups in total. The maximum Gasteiger partial charge on any atom is 0.226 e. The Morgan fingerprint density at radius 2 is 1.79 bits per heavy atom. The van der Waals surface area contributed by atoms with E-state index in [0.29, 0.717) is 11.6 Å². The molecule has 1 aromatic heterocycles. The van der Waals surface area contributed by atoms with Gasteiger partial charge in [0.15, 0.2) is 9.84 Å². The largest absolute Gasteiger partial charge is 0.444 e. The summed E-state index contributed by atoms with van der Waals surface area (Å²) in [7, 11) is -4.08. The van der Waals surface area contributed by atoms with E-state index in [9.17, 15) is 17.2 Å². The summed E-state index contributed by atoms with van der Waals surface area (Å²) in [5, 5.41) is 0. The van der Waals surface area contributed by atoms with Crippen LogP contribution in [0.2, 0.25) is 0 Å². The molecule has 24 heavy (non-hydrogen) atoms. The highest BCUT2D eigenvalue weighted by Crippen LogP contribution is 2.23. The van der Waals surface area contributed by atoms with E-state index in [1.54, 1.807) is 12.1 Å². The minimum Gasteiger partial charge on any atom is -0.444 e. The molecule has 0 aliphatic heterocycles. The van der Waals surface area contributed by atoms with E-state index in [0.717, 1.165) is 17.7 Å². The topological polar surface area (TPSA) is 60.2 Å². The van der Waals surface area contributed by atoms with E-state index >= 15 is 0 Å². The number of nitrogens with zero attached hydrogens (tertiary/aromatic N) is 1. The Hall–Kier alpha value is -2.54. The molecule has 3 aromatic rings. The van der Waals surface area contributed by atoms with Crippen molar-refractivity contribution >= 4 is 9.84 Å². The molecule has 4 nitrogen and oxygen atoms in total. The SMILES string of the molecule is Cc1ccc(-c2nc(CS(=O)(=O)c3cc(F)ccc3F)co2)cc1. The Kier molecular flexibility index (Phi) is 4.19. The van der Waals surface area contributed by atoms with Crippen LogP contribution >= 0.6 is 0 Å². The van der Waals surface area contributed by atoms with Crippen LogP contribution in [0.25, 0.3) is 11.5 Å². The lowest BCUT2D eigenvalue weighted by atomic mass is 10.1. The fourth-order valence-electron chi connectivity index (χ4n) is 2.19. The molecule has 2 aromatic carbocycles. The van der Waals surface area contributed by atoms with Crippen LogP contribution in [0.5, 0.6) is 0 Å². The van der Waals surface area contributed by atoms with Crippen LogP contribution in [0.3, 0.4) is 0 Å². The number of hydrogen-bond donors (Lipinski definition) is 0. The van der Waals surface area contributed by atoms with Crippen LogP contribution in [0, 0.1) is 18.6 Å². The van der Waals surface area contributed by atoms with Gasteiger partial charge in [-0.3, -0.25) is 0 Å². The molecule has 0 amide bonds. The van der Waals surface area contributed by atoms with Gasteiger partial charge in [-0.25, -0.2) is 22.2 Å². The first-order valence-electron chi connectivity index (χ1n) is 7.04. The molecular formula is C17H13F2NO3S. The average molecular weight is 349 g/mol. The second kappa shape index (κ2) is 6.16. The smallest absolute Gasteiger partial charge is 0.226 e. The van der Waals surface area contributed by atoms with Crippen LogP contribution < -0.4 is 0 Å². The van der Waals surface area contributed by atoms with Crippen LogP contribution in [0.4, 0.5) is 8.78 Å². The first kappa shape index (κ1) is 16.3. The van der Waals surface area contributed by atoms with Gasteiger partial charge in [-0.1, -0.05) is 17.7 Å². The van der Waals surface area contributed by atoms with Gasteiger partial charge in [0.25, 0.3) is 0 Å². The van der Waals surface area contributed by atoms with Crippen molar-refractivity contribution in [2.45, 2.75) is 17.6 Å². The Morgan fingerprint density at radius 3 is 2.50 bits per heavy atom. The molecule has 7 heteroatoms. The highest BCUT2D eigenvalue weighted by atomic mass is 32.2. The Labute approximate surface area is 137 Å². The van der Waals surface area contributed by atoms with Crippen molar-refractivity contribution in [3.63, 3.8) is 0 Å². The molecule has 0 fully saturated rings. The lowest BCUT2D eigenvalue weighted by molar-refractivity contribution is 0.551. The maximum atomic E-state index is 13.7. The van der Waals surface area contributed by atoms with Crippen molar-refractivity contribution in [2.75, 3.05) is 0 Å². The Bertz CT molecular complexity index is 979. The van der Waals surface area contributed by atoms with E-state index < -0.39 is 32.1 Å². The number of rotatable bonds is 4. The first-order chi connectivity index (χ1) is 11.3. The number of aromatic nitrogens is 1. The van der Waals surface area contributed by atoms with Gasteiger partial charge in [0.05, 0.1) is 5.69 Å². The third-order valence-corrected chi connectivity index (χ3v) is 5.08. The van der Waals surface area contributed by atoms with Gasteiger partial charge in [-0.15, -0.1) is 0 Å². The van der Waals surface area contributed by atoms with Crippen molar-refractivity contribution in [2.24, 2.45) is 0 Å². The van der Waals surface area contributed by atoms with E-state index in [1.807, 2.05) is 19.1 Å². The predicted octanol–water partition coefficient (Wildman–Crippen LogP) is 3.90. The van der Waals surface area contributed by atoms with Crippen LogP contribution in [-0.2, 0) is 15.6 Å². The van der Waals surface area contributed by atoms with Gasteiger partial charge in [0.1, 0.15) is 28.5 Å². The van der Waals surface area contributed by atoms with E-state index in [4.69, 9.17) is 4.42 Å². The fourth-order valence-corrected chi connectivity index (χ4v) is 3.52. The quantitative estimate of drug-likeness (QED) is 0.717. The molecule has 3 rings (SSSR count). The Morgan fingerprint density at radius 1 is 1.08 bits per heavy atom. The molecule has 0 aliphatic rings. The lowest BCUT2D eigenvalue weighted by Crippen LogP contribution is -2.08. The molecule has 0 bridgehead atoms. The van der Waals surface area contributed by atoms with Crippen molar-refractivity contribution in [1.82, 2.24) is 4.98 Å². The van der Waals surface area contributed by atoms with Gasteiger partial charge in [-0.2, -0.15) is 0 Å². The number of aryl methyl sites for hydroxylation is 1. The maximum absolute atomic E-state index is 13.7. The number of sulfone groups is 1. The molecule has 1 heterocycles. The minimum atomic E-state index is -4.08. The highest BCUT2D eigenvalue weighted by Gasteiger charge is 2.22. The van der Waals surface area contributed by atoms with E-state index in [1.165, 1.54) is 6.26 Å². The zero-order valence-corrected chi connectivity index (χ0v) is 13.5. The zero-order chi connectivity index (χ0) is 17.3. The second-order valence-electron chi connectivity index (χ2n) is 5.34. The van der Waals surface area contributed by atoms with Crippen molar-refractivity contribution in [3.8, 4) is 11.5 Å². The molecule has 0 spiro atoms. The molecule has 0 saturated carbocycles. The highest BCUT2D eigenvalue weighted by molar-refractivity contribution is 7.90. The molecule has 0 aliphatic carbocycles. The summed E-state index contributed by atoms with van der Waals surface area (Å²) in [6.07, 6.45) is 1.20. The van der Waals surface area contributed by atoms with Crippen LogP contribution in [0.1, 0.15) is 11.3 Å². The standard InChI is InChI=1S/C17H13F2NO3S/c1-11-2-4-12(5-3-11)17-20-14(9-23-17)10-24(21,22)16-8-13(18)6-7-15(16)19/h2-9H,10H2,1H3. The van der Waals surface area contributed by atoms with Gasteiger partial charge < -0.3 is 4.42 Å². The molecule has 0 atom stereocenters. The lowest BCUT2D eigenvalue weighted by Gasteiger charge is -2.03. The summed E-state index contributed by atoms with van der Waals surface area (Å²) >= 11 is 0. The number of hydrogen-bond acceptors (Lipinski definition) is 4. The molecule has 0 unspecified atom stereocenters. The zero-order valence-electron chi connectivity index (χ0n) is 12.7. The summed E-state index contributed by atoms with van der Waals surface area (Å²) in [6, 6.07) is 9.64. The third-order valence-electron chi connectivity index (χ3n) is 3.42. The average Bonchev–Trinajstić information content (AvgIpc) is 2.98. The van der Waals surface area contributed by atoms with E-state index in [-0.39, 0.29) is 11.6 Å². The fraction of sp³-hybridized carbons (Fsp3) is 0.118. The summed E-state index contributed by atoms with van der Waals surface area (Å²) in [6.45, 7) is 1.94. The van der Waals surface area contributed by atoms with Crippen molar-refractivity contribution < 1.29 is 21.6 Å². The van der Waals surface area contributed by atoms with Gasteiger partial charge in [0.2, 0.25) is 5.89 Å².